The Morgan fingerprint density at radius 1 is 1.60 bits per heavy atom. The highest BCUT2D eigenvalue weighted by molar-refractivity contribution is 5.90. The fraction of sp³-hybridized carbons (Fsp3) is 0.250. The number of H-pyrrole nitrogens is 1. The van der Waals surface area contributed by atoms with Gasteiger partial charge in [0.05, 0.1) is 11.3 Å². The third kappa shape index (κ3) is 2.18. The second-order valence-electron chi connectivity index (χ2n) is 2.76. The number of carboxylic acids is 1. The van der Waals surface area contributed by atoms with Crippen LogP contribution in [0.25, 0.3) is 0 Å². The van der Waals surface area contributed by atoms with Gasteiger partial charge in [-0.1, -0.05) is 0 Å². The second-order valence-corrected chi connectivity index (χ2v) is 2.76. The van der Waals surface area contributed by atoms with Crippen molar-refractivity contribution < 1.29 is 18.7 Å². The number of aromatic nitrogens is 1. The number of carbonyl (C=O) groups is 1. The molecule has 0 aliphatic carbocycles. The number of halogens is 2. The first-order valence-electron chi connectivity index (χ1n) is 3.95. The Morgan fingerprint density at radius 2 is 2.20 bits per heavy atom. The number of alkyl halides is 2. The van der Waals surface area contributed by atoms with Crippen molar-refractivity contribution in [1.29, 1.82) is 0 Å². The number of nitrogens with one attached hydrogen (secondary N) is 1. The van der Waals surface area contributed by atoms with E-state index in [4.69, 9.17) is 10.8 Å². The van der Waals surface area contributed by atoms with E-state index in [1.807, 2.05) is 0 Å². The van der Waals surface area contributed by atoms with Gasteiger partial charge in [-0.25, -0.2) is 13.6 Å². The van der Waals surface area contributed by atoms with E-state index in [9.17, 15) is 18.4 Å². The summed E-state index contributed by atoms with van der Waals surface area (Å²) < 4.78 is 24.8. The molecule has 1 heterocycles. The van der Waals surface area contributed by atoms with Crippen molar-refractivity contribution in [2.75, 3.05) is 0 Å². The molecule has 1 aromatic rings. The van der Waals surface area contributed by atoms with Crippen molar-refractivity contribution >= 4 is 5.97 Å². The van der Waals surface area contributed by atoms with E-state index in [2.05, 4.69) is 0 Å². The third-order valence-electron chi connectivity index (χ3n) is 1.81. The summed E-state index contributed by atoms with van der Waals surface area (Å²) in [6.07, 6.45) is -3.06. The number of pyridine rings is 1. The van der Waals surface area contributed by atoms with Crippen LogP contribution in [0, 0.1) is 0 Å². The van der Waals surface area contributed by atoms with Crippen molar-refractivity contribution in [3.8, 4) is 0 Å². The number of rotatable bonds is 3. The van der Waals surface area contributed by atoms with Crippen molar-refractivity contribution in [2.45, 2.75) is 13.0 Å². The van der Waals surface area contributed by atoms with Crippen LogP contribution in [0.4, 0.5) is 8.78 Å². The zero-order valence-electron chi connectivity index (χ0n) is 7.46. The van der Waals surface area contributed by atoms with Gasteiger partial charge in [-0.05, 0) is 5.56 Å². The molecule has 0 aliphatic rings. The van der Waals surface area contributed by atoms with E-state index in [1.54, 1.807) is 4.98 Å². The average molecular weight is 218 g/mol. The summed E-state index contributed by atoms with van der Waals surface area (Å²) >= 11 is 0. The minimum atomic E-state index is -3.06. The monoisotopic (exact) mass is 218 g/mol. The van der Waals surface area contributed by atoms with Crippen molar-refractivity contribution in [2.24, 2.45) is 5.73 Å². The fourth-order valence-electron chi connectivity index (χ4n) is 1.21. The Hall–Kier alpha value is -1.76. The Labute approximate surface area is 82.5 Å². The average Bonchev–Trinajstić information content (AvgIpc) is 2.15. The highest BCUT2D eigenvalue weighted by Crippen LogP contribution is 2.21. The second kappa shape index (κ2) is 4.18. The molecule has 82 valence electrons. The van der Waals surface area contributed by atoms with E-state index in [1.165, 1.54) is 0 Å². The van der Waals surface area contributed by atoms with Crippen molar-refractivity contribution in [3.63, 3.8) is 0 Å². The first kappa shape index (κ1) is 11.3. The first-order chi connectivity index (χ1) is 6.97. The molecule has 0 aromatic carbocycles. The van der Waals surface area contributed by atoms with Gasteiger partial charge in [0.2, 0.25) is 5.56 Å². The predicted octanol–water partition coefficient (Wildman–Crippen LogP) is 0.469. The molecule has 0 bridgehead atoms. The van der Waals surface area contributed by atoms with E-state index in [-0.39, 0.29) is 12.1 Å². The van der Waals surface area contributed by atoms with Crippen LogP contribution in [0.5, 0.6) is 0 Å². The lowest BCUT2D eigenvalue weighted by Gasteiger charge is -2.08. The summed E-state index contributed by atoms with van der Waals surface area (Å²) in [7, 11) is 0. The van der Waals surface area contributed by atoms with Crippen molar-refractivity contribution in [1.82, 2.24) is 4.98 Å². The molecule has 0 fully saturated rings. The molecule has 0 radical (unpaired) electrons. The molecular weight excluding hydrogens is 210 g/mol. The standard InChI is InChI=1S/C8H8F2N2O3/c9-7(10)6-5(8(14)15)3(2-11)1-4(13)12-6/h1,7H,2,11H2,(H,12,13)(H,14,15). The Kier molecular flexibility index (Phi) is 3.15. The van der Waals surface area contributed by atoms with E-state index in [0.717, 1.165) is 6.07 Å². The van der Waals surface area contributed by atoms with Crippen LogP contribution in [0.1, 0.15) is 28.0 Å². The van der Waals surface area contributed by atoms with Crippen LogP contribution >= 0.6 is 0 Å². The Morgan fingerprint density at radius 3 is 2.60 bits per heavy atom. The van der Waals surface area contributed by atoms with Gasteiger partial charge >= 0.3 is 5.97 Å². The number of aromatic carboxylic acids is 1. The smallest absolute Gasteiger partial charge is 0.338 e. The lowest BCUT2D eigenvalue weighted by atomic mass is 10.1. The number of aromatic amines is 1. The van der Waals surface area contributed by atoms with Gasteiger partial charge in [-0.2, -0.15) is 0 Å². The van der Waals surface area contributed by atoms with Crippen LogP contribution in [-0.2, 0) is 6.54 Å². The van der Waals surface area contributed by atoms with E-state index >= 15 is 0 Å². The molecule has 1 aromatic heterocycles. The lowest BCUT2D eigenvalue weighted by molar-refractivity contribution is 0.0680. The maximum Gasteiger partial charge on any atom is 0.338 e. The fourth-order valence-corrected chi connectivity index (χ4v) is 1.21. The molecule has 0 aliphatic heterocycles. The minimum absolute atomic E-state index is 0.110. The number of nitrogens with two attached hydrogens (primary N) is 1. The summed E-state index contributed by atoms with van der Waals surface area (Å²) in [5, 5.41) is 8.71. The van der Waals surface area contributed by atoms with Gasteiger partial charge < -0.3 is 15.8 Å². The molecule has 1 rings (SSSR count). The Bertz CT molecular complexity index is 442. The largest absolute Gasteiger partial charge is 0.478 e. The molecular formula is C8H8F2N2O3. The van der Waals surface area contributed by atoms with Crippen molar-refractivity contribution in [3.05, 3.63) is 33.2 Å². The molecule has 0 spiro atoms. The first-order valence-corrected chi connectivity index (χ1v) is 3.95. The van der Waals surface area contributed by atoms with Crippen LogP contribution in [0.3, 0.4) is 0 Å². The summed E-state index contributed by atoms with van der Waals surface area (Å²) in [5.41, 5.74) is 2.72. The zero-order valence-corrected chi connectivity index (χ0v) is 7.46. The normalized spacial score (nSPS) is 10.7. The van der Waals surface area contributed by atoms with Gasteiger partial charge in [0.1, 0.15) is 0 Å². The maximum atomic E-state index is 12.4. The molecule has 0 saturated carbocycles. The topological polar surface area (TPSA) is 96.2 Å². The van der Waals surface area contributed by atoms with Gasteiger partial charge in [0.25, 0.3) is 6.43 Å². The molecule has 0 saturated heterocycles. The summed E-state index contributed by atoms with van der Waals surface area (Å²) in [6, 6.07) is 0.898. The van der Waals surface area contributed by atoms with Crippen LogP contribution in [0.15, 0.2) is 10.9 Å². The number of hydrogen-bond acceptors (Lipinski definition) is 3. The van der Waals surface area contributed by atoms with Crippen LogP contribution in [0.2, 0.25) is 0 Å². The van der Waals surface area contributed by atoms with Gasteiger partial charge in [0, 0.05) is 12.6 Å². The lowest BCUT2D eigenvalue weighted by Crippen LogP contribution is -2.19. The SMILES string of the molecule is NCc1cc(=O)[nH]c(C(F)F)c1C(=O)O. The van der Waals surface area contributed by atoms with Crippen LogP contribution < -0.4 is 11.3 Å². The molecule has 7 heteroatoms. The highest BCUT2D eigenvalue weighted by Gasteiger charge is 2.22. The number of carboxylic acid groups (broad SMARTS) is 1. The molecule has 0 unspecified atom stereocenters. The molecule has 0 atom stereocenters. The van der Waals surface area contributed by atoms with Gasteiger partial charge in [-0.3, -0.25) is 4.79 Å². The highest BCUT2D eigenvalue weighted by atomic mass is 19.3. The maximum absolute atomic E-state index is 12.4. The number of hydrogen-bond donors (Lipinski definition) is 3. The van der Waals surface area contributed by atoms with Crippen LogP contribution in [-0.4, -0.2) is 16.1 Å². The van der Waals surface area contributed by atoms with Gasteiger partial charge in [0.15, 0.2) is 0 Å². The van der Waals surface area contributed by atoms with Gasteiger partial charge in [-0.15, -0.1) is 0 Å². The summed E-state index contributed by atoms with van der Waals surface area (Å²) in [5.74, 6) is -1.54. The molecule has 5 nitrogen and oxygen atoms in total. The summed E-state index contributed by atoms with van der Waals surface area (Å²) in [6.45, 7) is -0.286. The Balaban J connectivity index is 3.54. The van der Waals surface area contributed by atoms with E-state index in [0.29, 0.717) is 0 Å². The summed E-state index contributed by atoms with van der Waals surface area (Å²) in [4.78, 5) is 23.4. The molecule has 0 amide bonds. The third-order valence-corrected chi connectivity index (χ3v) is 1.81. The molecule has 4 N–H and O–H groups in total. The predicted molar refractivity (Wildman–Crippen MR) is 46.9 cm³/mol. The molecule has 15 heavy (non-hydrogen) atoms. The zero-order chi connectivity index (χ0) is 11.6. The van der Waals surface area contributed by atoms with E-state index < -0.39 is 29.2 Å². The minimum Gasteiger partial charge on any atom is -0.478 e. The quantitative estimate of drug-likeness (QED) is 0.687.